The molecule has 0 aliphatic rings. The normalized spacial score (nSPS) is 11.5. The van der Waals surface area contributed by atoms with E-state index in [-0.39, 0.29) is 5.75 Å². The molecule has 2 rings (SSSR count). The Morgan fingerprint density at radius 3 is 2.35 bits per heavy atom. The second kappa shape index (κ2) is 4.70. The second-order valence-electron chi connectivity index (χ2n) is 3.84. The summed E-state index contributed by atoms with van der Waals surface area (Å²) in [6.45, 7) is 1.89. The maximum absolute atomic E-state index is 9.86. The van der Waals surface area contributed by atoms with Gasteiger partial charge in [-0.1, -0.05) is 41.6 Å². The third-order valence-electron chi connectivity index (χ3n) is 2.56. The summed E-state index contributed by atoms with van der Waals surface area (Å²) in [5.74, 6) is 0.113. The number of aryl methyl sites for hydroxylation is 1. The van der Waals surface area contributed by atoms with Gasteiger partial charge in [0.25, 0.3) is 0 Å². The Balaban J connectivity index is 2.51. The van der Waals surface area contributed by atoms with Crippen LogP contribution in [0.5, 0.6) is 5.75 Å². The van der Waals surface area contributed by atoms with E-state index in [1.54, 1.807) is 12.1 Å². The molecule has 0 saturated carbocycles. The molecule has 2 N–H and O–H groups in total. The lowest BCUT2D eigenvalue weighted by molar-refractivity contribution is 0.319. The Hall–Kier alpha value is -2.29. The van der Waals surface area contributed by atoms with E-state index in [1.807, 2.05) is 43.3 Å². The van der Waals surface area contributed by atoms with Crippen molar-refractivity contribution in [3.8, 4) is 5.75 Å². The summed E-state index contributed by atoms with van der Waals surface area (Å²) >= 11 is 0. The minimum Gasteiger partial charge on any atom is -0.507 e. The van der Waals surface area contributed by atoms with Crippen LogP contribution < -0.4 is 0 Å². The van der Waals surface area contributed by atoms with E-state index in [0.717, 1.165) is 11.1 Å². The van der Waals surface area contributed by atoms with Crippen molar-refractivity contribution < 1.29 is 10.3 Å². The average Bonchev–Trinajstić information content (AvgIpc) is 2.34. The molecule has 2 aromatic carbocycles. The highest BCUT2D eigenvalue weighted by Crippen LogP contribution is 2.22. The monoisotopic (exact) mass is 227 g/mol. The highest BCUT2D eigenvalue weighted by atomic mass is 16.4. The Bertz CT molecular complexity index is 547. The molecule has 0 radical (unpaired) electrons. The molecule has 0 bridgehead atoms. The molecule has 0 amide bonds. The summed E-state index contributed by atoms with van der Waals surface area (Å²) in [5, 5.41) is 22.2. The quantitative estimate of drug-likeness (QED) is 0.471. The predicted octanol–water partition coefficient (Wildman–Crippen LogP) is 2.93. The van der Waals surface area contributed by atoms with Crippen molar-refractivity contribution in [3.63, 3.8) is 0 Å². The van der Waals surface area contributed by atoms with Gasteiger partial charge in [-0.2, -0.15) is 0 Å². The first kappa shape index (κ1) is 11.2. The fourth-order valence-electron chi connectivity index (χ4n) is 1.71. The number of rotatable bonds is 2. The zero-order valence-electron chi connectivity index (χ0n) is 9.46. The molecular weight excluding hydrogens is 214 g/mol. The van der Waals surface area contributed by atoms with E-state index >= 15 is 0 Å². The Kier molecular flexibility index (Phi) is 3.10. The lowest BCUT2D eigenvalue weighted by Gasteiger charge is -2.07. The van der Waals surface area contributed by atoms with Crippen molar-refractivity contribution in [3.05, 3.63) is 65.2 Å². The molecule has 2 aromatic rings. The van der Waals surface area contributed by atoms with Gasteiger partial charge in [-0.05, 0) is 24.6 Å². The Morgan fingerprint density at radius 1 is 1.06 bits per heavy atom. The number of nitrogens with zero attached hydrogens (tertiary/aromatic N) is 1. The molecule has 3 heteroatoms. The first-order valence-corrected chi connectivity index (χ1v) is 5.30. The van der Waals surface area contributed by atoms with E-state index < -0.39 is 0 Å². The molecule has 0 aliphatic carbocycles. The minimum atomic E-state index is 0.113. The van der Waals surface area contributed by atoms with Gasteiger partial charge in [0.2, 0.25) is 0 Å². The van der Waals surface area contributed by atoms with Crippen LogP contribution in [0.3, 0.4) is 0 Å². The molecule has 0 aliphatic heterocycles. The maximum atomic E-state index is 9.86. The van der Waals surface area contributed by atoms with Crippen molar-refractivity contribution >= 4 is 5.71 Å². The number of oxime groups is 1. The van der Waals surface area contributed by atoms with E-state index in [1.165, 1.54) is 0 Å². The molecule has 17 heavy (non-hydrogen) atoms. The molecular formula is C14H13NO2. The van der Waals surface area contributed by atoms with Gasteiger partial charge in [0, 0.05) is 11.1 Å². The van der Waals surface area contributed by atoms with Crippen LogP contribution in [-0.4, -0.2) is 16.0 Å². The van der Waals surface area contributed by atoms with Crippen LogP contribution >= 0.6 is 0 Å². The lowest BCUT2D eigenvalue weighted by Crippen LogP contribution is -2.03. The summed E-state index contributed by atoms with van der Waals surface area (Å²) in [4.78, 5) is 0. The van der Waals surface area contributed by atoms with E-state index in [0.29, 0.717) is 11.3 Å². The third-order valence-corrected chi connectivity index (χ3v) is 2.56. The predicted molar refractivity (Wildman–Crippen MR) is 66.7 cm³/mol. The van der Waals surface area contributed by atoms with Gasteiger partial charge in [-0.15, -0.1) is 0 Å². The molecule has 0 atom stereocenters. The van der Waals surface area contributed by atoms with Crippen LogP contribution in [-0.2, 0) is 0 Å². The Morgan fingerprint density at radius 2 is 1.76 bits per heavy atom. The van der Waals surface area contributed by atoms with E-state index in [9.17, 15) is 5.11 Å². The van der Waals surface area contributed by atoms with Gasteiger partial charge in [0.05, 0.1) is 0 Å². The van der Waals surface area contributed by atoms with Gasteiger partial charge >= 0.3 is 0 Å². The van der Waals surface area contributed by atoms with E-state index in [2.05, 4.69) is 5.16 Å². The first-order valence-electron chi connectivity index (χ1n) is 5.30. The topological polar surface area (TPSA) is 52.8 Å². The van der Waals surface area contributed by atoms with Crippen molar-refractivity contribution in [1.82, 2.24) is 0 Å². The highest BCUT2D eigenvalue weighted by Gasteiger charge is 2.11. The summed E-state index contributed by atoms with van der Waals surface area (Å²) in [6.07, 6.45) is 0. The van der Waals surface area contributed by atoms with E-state index in [4.69, 9.17) is 5.21 Å². The maximum Gasteiger partial charge on any atom is 0.125 e. The number of hydrogen-bond donors (Lipinski definition) is 2. The number of phenols is 1. The van der Waals surface area contributed by atoms with Crippen molar-refractivity contribution in [2.24, 2.45) is 5.16 Å². The van der Waals surface area contributed by atoms with Crippen LogP contribution in [0.15, 0.2) is 53.7 Å². The van der Waals surface area contributed by atoms with Crippen LogP contribution in [0.4, 0.5) is 0 Å². The molecule has 0 spiro atoms. The average molecular weight is 227 g/mol. The summed E-state index contributed by atoms with van der Waals surface area (Å²) < 4.78 is 0. The molecule has 0 heterocycles. The van der Waals surface area contributed by atoms with Gasteiger partial charge in [0.1, 0.15) is 11.5 Å². The number of hydrogen-bond acceptors (Lipinski definition) is 3. The fourth-order valence-corrected chi connectivity index (χ4v) is 1.71. The van der Waals surface area contributed by atoms with Gasteiger partial charge in [0.15, 0.2) is 0 Å². The van der Waals surface area contributed by atoms with Crippen molar-refractivity contribution in [2.45, 2.75) is 6.92 Å². The molecule has 0 aromatic heterocycles. The largest absolute Gasteiger partial charge is 0.507 e. The number of aromatic hydroxyl groups is 1. The summed E-state index contributed by atoms with van der Waals surface area (Å²) in [6, 6.07) is 14.5. The molecule has 3 nitrogen and oxygen atoms in total. The van der Waals surface area contributed by atoms with Gasteiger partial charge in [-0.25, -0.2) is 0 Å². The van der Waals surface area contributed by atoms with Gasteiger partial charge < -0.3 is 10.3 Å². The number of benzene rings is 2. The van der Waals surface area contributed by atoms with Crippen LogP contribution in [0, 0.1) is 6.92 Å². The minimum absolute atomic E-state index is 0.113. The van der Waals surface area contributed by atoms with Crippen LogP contribution in [0.2, 0.25) is 0 Å². The molecule has 86 valence electrons. The Labute approximate surface area is 99.7 Å². The van der Waals surface area contributed by atoms with Crippen LogP contribution in [0.1, 0.15) is 16.7 Å². The standard InChI is InChI=1S/C14H13NO2/c1-10-7-8-12(13(16)9-10)14(15-17)11-5-3-2-4-6-11/h2-9,16-17H,1H3/b15-14+. The van der Waals surface area contributed by atoms with Crippen LogP contribution in [0.25, 0.3) is 0 Å². The first-order chi connectivity index (χ1) is 8.22. The molecule has 0 saturated heterocycles. The fraction of sp³-hybridized carbons (Fsp3) is 0.0714. The van der Waals surface area contributed by atoms with Gasteiger partial charge in [-0.3, -0.25) is 0 Å². The summed E-state index contributed by atoms with van der Waals surface area (Å²) in [5.41, 5.74) is 2.60. The summed E-state index contributed by atoms with van der Waals surface area (Å²) in [7, 11) is 0. The smallest absolute Gasteiger partial charge is 0.125 e. The highest BCUT2D eigenvalue weighted by molar-refractivity contribution is 6.14. The second-order valence-corrected chi connectivity index (χ2v) is 3.84. The number of phenolic OH excluding ortho intramolecular Hbond substituents is 1. The molecule has 0 unspecified atom stereocenters. The zero-order chi connectivity index (χ0) is 12.3. The third kappa shape index (κ3) is 2.28. The molecule has 0 fully saturated rings. The SMILES string of the molecule is Cc1ccc(/C(=N/O)c2ccccc2)c(O)c1. The van der Waals surface area contributed by atoms with Crippen molar-refractivity contribution in [2.75, 3.05) is 0 Å². The zero-order valence-corrected chi connectivity index (χ0v) is 9.46. The van der Waals surface area contributed by atoms with Crippen molar-refractivity contribution in [1.29, 1.82) is 0 Å². The lowest BCUT2D eigenvalue weighted by atomic mass is 10.0.